The van der Waals surface area contributed by atoms with Gasteiger partial charge in [0, 0.05) is 24.7 Å². The molecule has 4 nitrogen and oxygen atoms in total. The SMILES string of the molecule is CS(=O)(=O)N1CCCC[C@@H]2N[C@H](c3ccccc3)C[C@H]21. The molecule has 0 bridgehead atoms. The Morgan fingerprint density at radius 2 is 1.95 bits per heavy atom. The van der Waals surface area contributed by atoms with Gasteiger partial charge in [-0.3, -0.25) is 0 Å². The zero-order valence-electron chi connectivity index (χ0n) is 11.8. The first-order valence-corrected chi connectivity index (χ1v) is 9.18. The molecular formula is C15H22N2O2S. The largest absolute Gasteiger partial charge is 0.306 e. The number of nitrogens with one attached hydrogen (secondary N) is 1. The van der Waals surface area contributed by atoms with E-state index in [4.69, 9.17) is 0 Å². The molecule has 0 saturated carbocycles. The molecule has 2 fully saturated rings. The van der Waals surface area contributed by atoms with Crippen LogP contribution in [0.2, 0.25) is 0 Å². The zero-order chi connectivity index (χ0) is 14.2. The van der Waals surface area contributed by atoms with Crippen LogP contribution in [0.4, 0.5) is 0 Å². The van der Waals surface area contributed by atoms with Gasteiger partial charge < -0.3 is 5.32 Å². The van der Waals surface area contributed by atoms with Crippen molar-refractivity contribution in [3.8, 4) is 0 Å². The highest BCUT2D eigenvalue weighted by atomic mass is 32.2. The molecular weight excluding hydrogens is 272 g/mol. The highest BCUT2D eigenvalue weighted by Crippen LogP contribution is 2.34. The van der Waals surface area contributed by atoms with E-state index in [0.29, 0.717) is 6.54 Å². The van der Waals surface area contributed by atoms with Crippen molar-refractivity contribution in [3.63, 3.8) is 0 Å². The van der Waals surface area contributed by atoms with E-state index >= 15 is 0 Å². The summed E-state index contributed by atoms with van der Waals surface area (Å²) in [6.45, 7) is 0.670. The lowest BCUT2D eigenvalue weighted by Gasteiger charge is -2.27. The van der Waals surface area contributed by atoms with Crippen molar-refractivity contribution in [2.45, 2.75) is 43.8 Å². The molecule has 0 aliphatic carbocycles. The second kappa shape index (κ2) is 5.47. The summed E-state index contributed by atoms with van der Waals surface area (Å²) in [6, 6.07) is 11.0. The third-order valence-electron chi connectivity index (χ3n) is 4.50. The number of rotatable bonds is 2. The lowest BCUT2D eigenvalue weighted by atomic mass is 10.0. The van der Waals surface area contributed by atoms with Crippen molar-refractivity contribution in [3.05, 3.63) is 35.9 Å². The standard InChI is InChI=1S/C15H22N2O2S/c1-20(18,19)17-10-6-5-9-13-15(17)11-14(16-13)12-7-3-2-4-8-12/h2-4,7-8,13-16H,5-6,9-11H2,1H3/t13-,14-,15+/m0/s1. The Balaban J connectivity index is 1.85. The summed E-state index contributed by atoms with van der Waals surface area (Å²) in [5.74, 6) is 0. The molecule has 5 heteroatoms. The van der Waals surface area contributed by atoms with E-state index in [9.17, 15) is 8.42 Å². The molecule has 1 aromatic carbocycles. The van der Waals surface area contributed by atoms with Gasteiger partial charge >= 0.3 is 0 Å². The van der Waals surface area contributed by atoms with Crippen molar-refractivity contribution in [2.75, 3.05) is 12.8 Å². The minimum Gasteiger partial charge on any atom is -0.306 e. The predicted octanol–water partition coefficient (Wildman–Crippen LogP) is 1.90. The second-order valence-corrected chi connectivity index (χ2v) is 7.84. The van der Waals surface area contributed by atoms with Gasteiger partial charge in [-0.05, 0) is 24.8 Å². The van der Waals surface area contributed by atoms with Crippen molar-refractivity contribution >= 4 is 10.0 Å². The number of hydrogen-bond donors (Lipinski definition) is 1. The van der Waals surface area contributed by atoms with Gasteiger partial charge in [0.25, 0.3) is 0 Å². The van der Waals surface area contributed by atoms with Crippen LogP contribution >= 0.6 is 0 Å². The number of nitrogens with zero attached hydrogens (tertiary/aromatic N) is 1. The highest BCUT2D eigenvalue weighted by molar-refractivity contribution is 7.88. The number of hydrogen-bond acceptors (Lipinski definition) is 3. The normalized spacial score (nSPS) is 31.8. The fraction of sp³-hybridized carbons (Fsp3) is 0.600. The monoisotopic (exact) mass is 294 g/mol. The number of benzene rings is 1. The second-order valence-electron chi connectivity index (χ2n) is 5.91. The van der Waals surface area contributed by atoms with Gasteiger partial charge in [0.1, 0.15) is 0 Å². The van der Waals surface area contributed by atoms with Gasteiger partial charge in [0.15, 0.2) is 0 Å². The van der Waals surface area contributed by atoms with Crippen molar-refractivity contribution in [1.29, 1.82) is 0 Å². The Morgan fingerprint density at radius 3 is 2.65 bits per heavy atom. The maximum absolute atomic E-state index is 12.0. The van der Waals surface area contributed by atoms with Crippen LogP contribution in [0.1, 0.15) is 37.3 Å². The third-order valence-corrected chi connectivity index (χ3v) is 5.80. The van der Waals surface area contributed by atoms with Gasteiger partial charge in [0.05, 0.1) is 6.26 Å². The maximum atomic E-state index is 12.0. The Bertz CT molecular complexity index is 558. The number of fused-ring (bicyclic) bond motifs is 1. The Kier molecular flexibility index (Phi) is 3.84. The average molecular weight is 294 g/mol. The molecule has 2 aliphatic heterocycles. The van der Waals surface area contributed by atoms with Gasteiger partial charge in [0.2, 0.25) is 10.0 Å². The minimum atomic E-state index is -3.12. The summed E-state index contributed by atoms with van der Waals surface area (Å²) in [7, 11) is -3.12. The Morgan fingerprint density at radius 1 is 1.20 bits per heavy atom. The summed E-state index contributed by atoms with van der Waals surface area (Å²) in [5, 5.41) is 3.65. The van der Waals surface area contributed by atoms with E-state index in [2.05, 4.69) is 17.4 Å². The van der Waals surface area contributed by atoms with E-state index in [1.165, 1.54) is 11.8 Å². The van der Waals surface area contributed by atoms with Crippen LogP contribution in [0, 0.1) is 0 Å². The molecule has 110 valence electrons. The first-order chi connectivity index (χ1) is 9.55. The van der Waals surface area contributed by atoms with Crippen LogP contribution in [0.15, 0.2) is 30.3 Å². The lowest BCUT2D eigenvalue weighted by molar-refractivity contribution is 0.314. The Labute approximate surface area is 121 Å². The van der Waals surface area contributed by atoms with E-state index in [1.54, 1.807) is 4.31 Å². The molecule has 2 heterocycles. The Hall–Kier alpha value is -0.910. The van der Waals surface area contributed by atoms with Gasteiger partial charge in [-0.15, -0.1) is 0 Å². The van der Waals surface area contributed by atoms with Gasteiger partial charge in [-0.2, -0.15) is 4.31 Å². The van der Waals surface area contributed by atoms with Crippen molar-refractivity contribution < 1.29 is 8.42 Å². The molecule has 2 saturated heterocycles. The van der Waals surface area contributed by atoms with Crippen molar-refractivity contribution in [1.82, 2.24) is 9.62 Å². The van der Waals surface area contributed by atoms with E-state index in [0.717, 1.165) is 25.7 Å². The maximum Gasteiger partial charge on any atom is 0.211 e. The predicted molar refractivity (Wildman–Crippen MR) is 79.9 cm³/mol. The topological polar surface area (TPSA) is 49.4 Å². The molecule has 1 aromatic rings. The van der Waals surface area contributed by atoms with E-state index < -0.39 is 10.0 Å². The summed E-state index contributed by atoms with van der Waals surface area (Å²) in [5.41, 5.74) is 1.26. The summed E-state index contributed by atoms with van der Waals surface area (Å²) >= 11 is 0. The van der Waals surface area contributed by atoms with Gasteiger partial charge in [-0.1, -0.05) is 36.8 Å². The van der Waals surface area contributed by atoms with Crippen LogP contribution in [-0.4, -0.2) is 37.6 Å². The highest BCUT2D eigenvalue weighted by Gasteiger charge is 2.41. The van der Waals surface area contributed by atoms with Crippen LogP contribution in [0.25, 0.3) is 0 Å². The summed E-state index contributed by atoms with van der Waals surface area (Å²) in [4.78, 5) is 0. The lowest BCUT2D eigenvalue weighted by Crippen LogP contribution is -2.45. The molecule has 0 spiro atoms. The molecule has 20 heavy (non-hydrogen) atoms. The minimum absolute atomic E-state index is 0.109. The van der Waals surface area contributed by atoms with Crippen LogP contribution in [0.5, 0.6) is 0 Å². The molecule has 3 rings (SSSR count). The van der Waals surface area contributed by atoms with Crippen LogP contribution in [0.3, 0.4) is 0 Å². The molecule has 2 aliphatic rings. The first-order valence-electron chi connectivity index (χ1n) is 7.33. The molecule has 0 radical (unpaired) electrons. The molecule has 0 unspecified atom stereocenters. The number of sulfonamides is 1. The summed E-state index contributed by atoms with van der Waals surface area (Å²) in [6.07, 6.45) is 5.35. The average Bonchev–Trinajstić information content (AvgIpc) is 2.72. The first kappa shape index (κ1) is 14.0. The molecule has 3 atom stereocenters. The zero-order valence-corrected chi connectivity index (χ0v) is 12.6. The van der Waals surface area contributed by atoms with Crippen LogP contribution < -0.4 is 5.32 Å². The smallest absolute Gasteiger partial charge is 0.211 e. The van der Waals surface area contributed by atoms with Gasteiger partial charge in [-0.25, -0.2) is 8.42 Å². The van der Waals surface area contributed by atoms with E-state index in [1.807, 2.05) is 18.2 Å². The van der Waals surface area contributed by atoms with Crippen LogP contribution in [-0.2, 0) is 10.0 Å². The fourth-order valence-corrected chi connectivity index (χ4v) is 4.75. The quantitative estimate of drug-likeness (QED) is 0.906. The van der Waals surface area contributed by atoms with E-state index in [-0.39, 0.29) is 18.1 Å². The summed E-state index contributed by atoms with van der Waals surface area (Å²) < 4.78 is 25.8. The third kappa shape index (κ3) is 2.75. The molecule has 0 aromatic heterocycles. The fourth-order valence-electron chi connectivity index (χ4n) is 3.56. The van der Waals surface area contributed by atoms with Crippen molar-refractivity contribution in [2.24, 2.45) is 0 Å². The molecule has 1 N–H and O–H groups in total. The molecule has 0 amide bonds.